The number of fused-ring (bicyclic) bond motifs is 1. The lowest BCUT2D eigenvalue weighted by Gasteiger charge is -2.37. The van der Waals surface area contributed by atoms with Crippen LogP contribution in [0.3, 0.4) is 0 Å². The number of aliphatic hydroxyl groups is 1. The van der Waals surface area contributed by atoms with Crippen LogP contribution in [0.5, 0.6) is 0 Å². The molecule has 1 aliphatic heterocycles. The topological polar surface area (TPSA) is 84.5 Å². The first-order chi connectivity index (χ1) is 18.2. The molecule has 0 bridgehead atoms. The van der Waals surface area contributed by atoms with Crippen LogP contribution in [0, 0.1) is 6.92 Å². The third-order valence-corrected chi connectivity index (χ3v) is 7.85. The highest BCUT2D eigenvalue weighted by molar-refractivity contribution is 7.12. The first kappa shape index (κ1) is 26.3. The highest BCUT2D eigenvalue weighted by Crippen LogP contribution is 2.26. The van der Waals surface area contributed by atoms with E-state index < -0.39 is 5.60 Å². The van der Waals surface area contributed by atoms with Gasteiger partial charge in [0, 0.05) is 50.3 Å². The molecule has 1 fully saturated rings. The van der Waals surface area contributed by atoms with Crippen molar-refractivity contribution in [1.29, 1.82) is 0 Å². The molecule has 2 aromatic carbocycles. The van der Waals surface area contributed by atoms with Crippen LogP contribution < -0.4 is 5.32 Å². The van der Waals surface area contributed by atoms with Crippen molar-refractivity contribution in [2.45, 2.75) is 32.9 Å². The Morgan fingerprint density at radius 2 is 1.87 bits per heavy atom. The van der Waals surface area contributed by atoms with E-state index in [2.05, 4.69) is 43.5 Å². The van der Waals surface area contributed by atoms with Gasteiger partial charge in [-0.05, 0) is 67.1 Å². The number of nitrogens with zero attached hydrogens (tertiary/aromatic N) is 3. The minimum Gasteiger partial charge on any atom is -0.389 e. The standard InChI is InChI=1S/C30H35N5O2S/c1-21-12-17-38-28(21)29(36)31-27-18-22(19-34-13-15-35(16-14-34)20-30(2,3)37)8-9-23(27)10-11-26-24-6-4-5-7-25(24)32-33-26/h4-12,17-18,37H,13-16,19-20H2,1-3H3,(H,31,36)(H,32,33)/b11-10+. The minimum absolute atomic E-state index is 0.0882. The van der Waals surface area contributed by atoms with Gasteiger partial charge in [0.1, 0.15) is 0 Å². The maximum absolute atomic E-state index is 13.1. The summed E-state index contributed by atoms with van der Waals surface area (Å²) in [7, 11) is 0. The van der Waals surface area contributed by atoms with Gasteiger partial charge in [-0.25, -0.2) is 0 Å². The number of rotatable bonds is 8. The first-order valence-corrected chi connectivity index (χ1v) is 13.9. The fraction of sp³-hybridized carbons (Fsp3) is 0.333. The predicted molar refractivity (Wildman–Crippen MR) is 156 cm³/mol. The number of aromatic amines is 1. The van der Waals surface area contributed by atoms with Crippen molar-refractivity contribution in [3.63, 3.8) is 0 Å². The molecule has 7 nitrogen and oxygen atoms in total. The molecule has 0 atom stereocenters. The molecule has 0 aliphatic carbocycles. The number of thiophene rings is 1. The number of para-hydroxylation sites is 1. The summed E-state index contributed by atoms with van der Waals surface area (Å²) in [4.78, 5) is 18.6. The van der Waals surface area contributed by atoms with E-state index in [9.17, 15) is 9.90 Å². The second-order valence-electron chi connectivity index (χ2n) is 10.7. The van der Waals surface area contributed by atoms with Gasteiger partial charge in [-0.1, -0.05) is 36.4 Å². The lowest BCUT2D eigenvalue weighted by Crippen LogP contribution is -2.50. The van der Waals surface area contributed by atoms with E-state index in [-0.39, 0.29) is 5.91 Å². The third kappa shape index (κ3) is 6.39. The van der Waals surface area contributed by atoms with Crippen LogP contribution in [0.2, 0.25) is 0 Å². The molecule has 5 rings (SSSR count). The van der Waals surface area contributed by atoms with E-state index >= 15 is 0 Å². The molecule has 4 aromatic rings. The maximum Gasteiger partial charge on any atom is 0.266 e. The number of amides is 1. The summed E-state index contributed by atoms with van der Waals surface area (Å²) in [5, 5.41) is 23.8. The van der Waals surface area contributed by atoms with Crippen molar-refractivity contribution in [1.82, 2.24) is 20.0 Å². The van der Waals surface area contributed by atoms with E-state index in [1.807, 2.05) is 68.6 Å². The molecular weight excluding hydrogens is 494 g/mol. The number of hydrogen-bond acceptors (Lipinski definition) is 6. The van der Waals surface area contributed by atoms with Crippen LogP contribution in [-0.2, 0) is 6.54 Å². The maximum atomic E-state index is 13.1. The van der Waals surface area contributed by atoms with Gasteiger partial charge < -0.3 is 10.4 Å². The smallest absolute Gasteiger partial charge is 0.266 e. The van der Waals surface area contributed by atoms with Crippen LogP contribution in [0.25, 0.3) is 23.1 Å². The number of aromatic nitrogens is 2. The number of carbonyl (C=O) groups is 1. The predicted octanol–water partition coefficient (Wildman–Crippen LogP) is 5.24. The summed E-state index contributed by atoms with van der Waals surface area (Å²) in [6.07, 6.45) is 4.00. The van der Waals surface area contributed by atoms with Crippen molar-refractivity contribution < 1.29 is 9.90 Å². The average molecular weight is 530 g/mol. The summed E-state index contributed by atoms with van der Waals surface area (Å²) in [6, 6.07) is 16.3. The van der Waals surface area contributed by atoms with E-state index in [1.54, 1.807) is 0 Å². The van der Waals surface area contributed by atoms with E-state index in [0.29, 0.717) is 6.54 Å². The Morgan fingerprint density at radius 1 is 1.11 bits per heavy atom. The minimum atomic E-state index is -0.679. The summed E-state index contributed by atoms with van der Waals surface area (Å²) >= 11 is 1.46. The van der Waals surface area contributed by atoms with Crippen molar-refractivity contribution in [2.24, 2.45) is 0 Å². The molecule has 0 saturated carbocycles. The average Bonchev–Trinajstić information content (AvgIpc) is 3.50. The molecule has 1 saturated heterocycles. The number of benzene rings is 2. The number of nitrogens with one attached hydrogen (secondary N) is 2. The number of piperazine rings is 1. The largest absolute Gasteiger partial charge is 0.389 e. The van der Waals surface area contributed by atoms with Gasteiger partial charge in [0.25, 0.3) is 5.91 Å². The Labute approximate surface area is 227 Å². The second-order valence-corrected chi connectivity index (χ2v) is 11.6. The summed E-state index contributed by atoms with van der Waals surface area (Å²) in [5.41, 5.74) is 5.03. The molecule has 3 heterocycles. The lowest BCUT2D eigenvalue weighted by molar-refractivity contribution is 0.0167. The van der Waals surface area contributed by atoms with Gasteiger partial charge >= 0.3 is 0 Å². The number of β-amino-alcohol motifs (C(OH)–C–C–N with tert-alkyl or cyclic N) is 1. The van der Waals surface area contributed by atoms with Crippen molar-refractivity contribution in [3.05, 3.63) is 81.2 Å². The van der Waals surface area contributed by atoms with Crippen molar-refractivity contribution in [2.75, 3.05) is 38.0 Å². The number of aryl methyl sites for hydroxylation is 1. The van der Waals surface area contributed by atoms with E-state index in [4.69, 9.17) is 0 Å². The van der Waals surface area contributed by atoms with Gasteiger partial charge in [0.15, 0.2) is 0 Å². The molecule has 2 aromatic heterocycles. The summed E-state index contributed by atoms with van der Waals surface area (Å²) in [6.45, 7) is 10.9. The zero-order valence-corrected chi connectivity index (χ0v) is 23.0. The third-order valence-electron chi connectivity index (χ3n) is 6.84. The molecule has 0 radical (unpaired) electrons. The fourth-order valence-electron chi connectivity index (χ4n) is 4.93. The first-order valence-electron chi connectivity index (χ1n) is 13.0. The van der Waals surface area contributed by atoms with Gasteiger partial charge in [-0.3, -0.25) is 19.7 Å². The Morgan fingerprint density at radius 3 is 2.61 bits per heavy atom. The van der Waals surface area contributed by atoms with Gasteiger partial charge in [-0.15, -0.1) is 11.3 Å². The molecule has 38 heavy (non-hydrogen) atoms. The zero-order chi connectivity index (χ0) is 26.7. The molecule has 198 valence electrons. The molecule has 1 amide bonds. The van der Waals surface area contributed by atoms with Crippen LogP contribution in [0.1, 0.15) is 45.9 Å². The van der Waals surface area contributed by atoms with Crippen LogP contribution in [0.4, 0.5) is 5.69 Å². The normalized spacial score (nSPS) is 15.5. The van der Waals surface area contributed by atoms with E-state index in [1.165, 1.54) is 11.3 Å². The Bertz CT molecular complexity index is 1440. The molecule has 1 aliphatic rings. The van der Waals surface area contributed by atoms with Crippen LogP contribution in [0.15, 0.2) is 53.9 Å². The monoisotopic (exact) mass is 529 g/mol. The number of hydrogen-bond donors (Lipinski definition) is 3. The quantitative estimate of drug-likeness (QED) is 0.291. The van der Waals surface area contributed by atoms with Crippen LogP contribution >= 0.6 is 11.3 Å². The van der Waals surface area contributed by atoms with Gasteiger partial charge in [0.05, 0.1) is 21.7 Å². The molecule has 0 unspecified atom stereocenters. The number of H-pyrrole nitrogens is 1. The fourth-order valence-corrected chi connectivity index (χ4v) is 5.75. The Balaban J connectivity index is 1.35. The lowest BCUT2D eigenvalue weighted by atomic mass is 10.1. The SMILES string of the molecule is Cc1ccsc1C(=O)Nc1cc(CN2CCN(CC(C)(C)O)CC2)ccc1/C=C/c1n[nH]c2ccccc12. The molecule has 0 spiro atoms. The van der Waals surface area contributed by atoms with Crippen LogP contribution in [-0.4, -0.2) is 69.3 Å². The summed E-state index contributed by atoms with van der Waals surface area (Å²) in [5.74, 6) is -0.0882. The zero-order valence-electron chi connectivity index (χ0n) is 22.2. The number of carbonyl (C=O) groups excluding carboxylic acids is 1. The second kappa shape index (κ2) is 11.2. The van der Waals surface area contributed by atoms with Crippen molar-refractivity contribution >= 4 is 46.0 Å². The van der Waals surface area contributed by atoms with Gasteiger partial charge in [-0.2, -0.15) is 5.10 Å². The highest BCUT2D eigenvalue weighted by atomic mass is 32.1. The Hall–Kier alpha value is -3.30. The molecule has 3 N–H and O–H groups in total. The molecule has 8 heteroatoms. The Kier molecular flexibility index (Phi) is 7.76. The van der Waals surface area contributed by atoms with E-state index in [0.717, 1.165) is 76.6 Å². The van der Waals surface area contributed by atoms with Crippen molar-refractivity contribution in [3.8, 4) is 0 Å². The highest BCUT2D eigenvalue weighted by Gasteiger charge is 2.23. The number of anilines is 1. The summed E-state index contributed by atoms with van der Waals surface area (Å²) < 4.78 is 0. The van der Waals surface area contributed by atoms with Gasteiger partial charge in [0.2, 0.25) is 0 Å². The molecular formula is C30H35N5O2S.